The zero-order valence-electron chi connectivity index (χ0n) is 22.8. The summed E-state index contributed by atoms with van der Waals surface area (Å²) in [6.45, 7) is 2.57. The Morgan fingerprint density at radius 1 is 1.00 bits per heavy atom. The van der Waals surface area contributed by atoms with Crippen molar-refractivity contribution in [3.05, 3.63) is 59.7 Å². The van der Waals surface area contributed by atoms with Gasteiger partial charge in [-0.1, -0.05) is 48.5 Å². The molecule has 0 aromatic heterocycles. The van der Waals surface area contributed by atoms with Gasteiger partial charge in [0.2, 0.25) is 11.8 Å². The van der Waals surface area contributed by atoms with Crippen molar-refractivity contribution < 1.29 is 22.8 Å². The third-order valence-electron chi connectivity index (χ3n) is 8.10. The molecule has 0 spiro atoms. The number of carbonyl (C=O) groups is 2. The standard InChI is InChI=1S/C31H35F3N4O2/c1-29(2,34)17-24(27(39)38-30(18-35)13-14-30)37-25(26(32)33)21-5-3-19(4-6-21)20-7-9-22(10-8-20)31(15-16-31)28(40)36-23-11-12-23/h3-10,23-26,37H,11-17H2,1-2H3,(H,36,40)(H,38,39)/t24-,25-/m0/s1. The van der Waals surface area contributed by atoms with Gasteiger partial charge in [0.05, 0.1) is 23.6 Å². The maximum absolute atomic E-state index is 14.5. The minimum Gasteiger partial charge on any atom is -0.353 e. The molecule has 3 fully saturated rings. The number of nitrogens with zero attached hydrogens (tertiary/aromatic N) is 1. The number of carbonyl (C=O) groups excluding carboxylic acids is 2. The van der Waals surface area contributed by atoms with E-state index in [1.165, 1.54) is 13.8 Å². The average molecular weight is 553 g/mol. The molecule has 3 aliphatic carbocycles. The summed E-state index contributed by atoms with van der Waals surface area (Å²) < 4.78 is 43.0. The Labute approximate surface area is 232 Å². The van der Waals surface area contributed by atoms with Crippen LogP contribution in [0.4, 0.5) is 13.2 Å². The summed E-state index contributed by atoms with van der Waals surface area (Å²) in [5, 5.41) is 17.7. The SMILES string of the molecule is CC(C)(F)C[C@H](N[C@@H](c1ccc(-c2ccc(C3(C(=O)NC4CC4)CC3)cc2)cc1)C(F)F)C(=O)NC1(C#N)CC1. The lowest BCUT2D eigenvalue weighted by Crippen LogP contribution is -2.52. The third kappa shape index (κ3) is 6.33. The maximum Gasteiger partial charge on any atom is 0.257 e. The van der Waals surface area contributed by atoms with Gasteiger partial charge in [-0.2, -0.15) is 5.26 Å². The monoisotopic (exact) mass is 552 g/mol. The van der Waals surface area contributed by atoms with Crippen LogP contribution < -0.4 is 16.0 Å². The summed E-state index contributed by atoms with van der Waals surface area (Å²) in [6.07, 6.45) is 1.53. The lowest BCUT2D eigenvalue weighted by atomic mass is 9.92. The minimum absolute atomic E-state index is 0.0979. The smallest absolute Gasteiger partial charge is 0.257 e. The summed E-state index contributed by atoms with van der Waals surface area (Å²) in [7, 11) is 0. The van der Waals surface area contributed by atoms with Crippen molar-refractivity contribution in [3.8, 4) is 17.2 Å². The van der Waals surface area contributed by atoms with E-state index in [-0.39, 0.29) is 17.9 Å². The Kier molecular flexibility index (Phi) is 7.43. The van der Waals surface area contributed by atoms with Crippen molar-refractivity contribution in [1.82, 2.24) is 16.0 Å². The topological polar surface area (TPSA) is 94.0 Å². The van der Waals surface area contributed by atoms with E-state index in [2.05, 4.69) is 16.0 Å². The molecule has 3 N–H and O–H groups in total. The number of amides is 2. The van der Waals surface area contributed by atoms with Crippen molar-refractivity contribution in [2.75, 3.05) is 0 Å². The molecule has 0 bridgehead atoms. The third-order valence-corrected chi connectivity index (χ3v) is 8.10. The highest BCUT2D eigenvalue weighted by atomic mass is 19.3. The van der Waals surface area contributed by atoms with Crippen LogP contribution in [0.25, 0.3) is 11.1 Å². The normalized spacial score (nSPS) is 20.2. The summed E-state index contributed by atoms with van der Waals surface area (Å²) in [6, 6.07) is 14.0. The van der Waals surface area contributed by atoms with E-state index in [0.717, 1.165) is 42.4 Å². The number of alkyl halides is 3. The van der Waals surface area contributed by atoms with E-state index in [4.69, 9.17) is 0 Å². The van der Waals surface area contributed by atoms with Gasteiger partial charge < -0.3 is 10.6 Å². The van der Waals surface area contributed by atoms with Crippen LogP contribution in [0.2, 0.25) is 0 Å². The van der Waals surface area contributed by atoms with Gasteiger partial charge in [0, 0.05) is 12.5 Å². The van der Waals surface area contributed by atoms with Gasteiger partial charge in [-0.25, -0.2) is 13.2 Å². The number of halogens is 3. The molecule has 5 rings (SSSR count). The Bertz CT molecular complexity index is 1290. The van der Waals surface area contributed by atoms with Crippen LogP contribution in [0.5, 0.6) is 0 Å². The molecular formula is C31H35F3N4O2. The number of benzene rings is 2. The van der Waals surface area contributed by atoms with Crippen LogP contribution in [-0.2, 0) is 15.0 Å². The highest BCUT2D eigenvalue weighted by Crippen LogP contribution is 2.49. The summed E-state index contributed by atoms with van der Waals surface area (Å²) >= 11 is 0. The second-order valence-electron chi connectivity index (χ2n) is 12.2. The molecule has 6 nitrogen and oxygen atoms in total. The fourth-order valence-electron chi connectivity index (χ4n) is 5.14. The van der Waals surface area contributed by atoms with E-state index in [1.807, 2.05) is 30.3 Å². The summed E-state index contributed by atoms with van der Waals surface area (Å²) in [4.78, 5) is 25.6. The maximum atomic E-state index is 14.5. The number of rotatable bonds is 12. The molecule has 3 saturated carbocycles. The first kappa shape index (κ1) is 28.2. The van der Waals surface area contributed by atoms with E-state index in [9.17, 15) is 28.0 Å². The first-order chi connectivity index (χ1) is 18.9. The van der Waals surface area contributed by atoms with Gasteiger partial charge in [0.1, 0.15) is 11.2 Å². The van der Waals surface area contributed by atoms with Gasteiger partial charge in [-0.15, -0.1) is 0 Å². The number of hydrogen-bond donors (Lipinski definition) is 3. The lowest BCUT2D eigenvalue weighted by molar-refractivity contribution is -0.125. The Morgan fingerprint density at radius 2 is 1.57 bits per heavy atom. The molecule has 0 radical (unpaired) electrons. The number of nitriles is 1. The fraction of sp³-hybridized carbons (Fsp3) is 0.516. The molecule has 40 heavy (non-hydrogen) atoms. The first-order valence-electron chi connectivity index (χ1n) is 13.9. The molecule has 0 saturated heterocycles. The molecule has 9 heteroatoms. The molecule has 0 unspecified atom stereocenters. The summed E-state index contributed by atoms with van der Waals surface area (Å²) in [5.41, 5.74) is -0.270. The van der Waals surface area contributed by atoms with Crippen molar-refractivity contribution in [2.45, 2.75) is 100.0 Å². The van der Waals surface area contributed by atoms with Crippen LogP contribution in [0.1, 0.15) is 76.0 Å². The summed E-state index contributed by atoms with van der Waals surface area (Å²) in [5.74, 6) is -0.563. The first-order valence-corrected chi connectivity index (χ1v) is 13.9. The van der Waals surface area contributed by atoms with Crippen LogP contribution >= 0.6 is 0 Å². The molecule has 2 aromatic rings. The van der Waals surface area contributed by atoms with Crippen molar-refractivity contribution in [1.29, 1.82) is 5.26 Å². The van der Waals surface area contributed by atoms with Crippen molar-refractivity contribution in [2.24, 2.45) is 0 Å². The largest absolute Gasteiger partial charge is 0.353 e. The Balaban J connectivity index is 1.29. The van der Waals surface area contributed by atoms with E-state index in [0.29, 0.717) is 18.9 Å². The molecule has 3 aliphatic rings. The Morgan fingerprint density at radius 3 is 2.02 bits per heavy atom. The molecule has 2 aromatic carbocycles. The van der Waals surface area contributed by atoms with Crippen molar-refractivity contribution >= 4 is 11.8 Å². The van der Waals surface area contributed by atoms with Gasteiger partial charge in [0.15, 0.2) is 0 Å². The highest BCUT2D eigenvalue weighted by molar-refractivity contribution is 5.91. The van der Waals surface area contributed by atoms with Crippen LogP contribution in [-0.4, -0.2) is 41.5 Å². The fourth-order valence-corrected chi connectivity index (χ4v) is 5.14. The second-order valence-corrected chi connectivity index (χ2v) is 12.2. The molecule has 0 aliphatic heterocycles. The average Bonchev–Trinajstić information content (AvgIpc) is 3.78. The van der Waals surface area contributed by atoms with E-state index >= 15 is 0 Å². The zero-order valence-corrected chi connectivity index (χ0v) is 22.8. The van der Waals surface area contributed by atoms with Crippen LogP contribution in [0.15, 0.2) is 48.5 Å². The number of nitrogens with one attached hydrogen (secondary N) is 3. The molecule has 0 heterocycles. The van der Waals surface area contributed by atoms with Crippen LogP contribution in [0.3, 0.4) is 0 Å². The molecule has 212 valence electrons. The Hall–Kier alpha value is -3.38. The van der Waals surface area contributed by atoms with Gasteiger partial charge in [-0.3, -0.25) is 14.9 Å². The van der Waals surface area contributed by atoms with Crippen LogP contribution in [0, 0.1) is 11.3 Å². The quantitative estimate of drug-likeness (QED) is 0.336. The highest BCUT2D eigenvalue weighted by Gasteiger charge is 2.52. The predicted molar refractivity (Wildman–Crippen MR) is 145 cm³/mol. The lowest BCUT2D eigenvalue weighted by Gasteiger charge is -2.29. The minimum atomic E-state index is -2.86. The van der Waals surface area contributed by atoms with Crippen molar-refractivity contribution in [3.63, 3.8) is 0 Å². The van der Waals surface area contributed by atoms with Gasteiger partial charge in [0.25, 0.3) is 6.43 Å². The molecule has 2 amide bonds. The van der Waals surface area contributed by atoms with E-state index in [1.54, 1.807) is 24.3 Å². The zero-order chi connectivity index (χ0) is 28.7. The van der Waals surface area contributed by atoms with Gasteiger partial charge >= 0.3 is 0 Å². The second kappa shape index (κ2) is 10.5. The predicted octanol–water partition coefficient (Wildman–Crippen LogP) is 5.24. The van der Waals surface area contributed by atoms with Gasteiger partial charge in [-0.05, 0) is 74.6 Å². The van der Waals surface area contributed by atoms with E-state index < -0.39 is 41.0 Å². The molecule has 2 atom stereocenters. The molecular weight excluding hydrogens is 517 g/mol. The number of hydrogen-bond acceptors (Lipinski definition) is 4.